The van der Waals surface area contributed by atoms with Gasteiger partial charge in [-0.15, -0.1) is 0 Å². The summed E-state index contributed by atoms with van der Waals surface area (Å²) in [7, 11) is -2.60. The van der Waals surface area contributed by atoms with Gasteiger partial charge in [-0.25, -0.2) is 8.42 Å². The molecule has 10 heteroatoms. The molecule has 0 aliphatic heterocycles. The third-order valence-corrected chi connectivity index (χ3v) is 9.21. The van der Waals surface area contributed by atoms with Crippen molar-refractivity contribution in [2.75, 3.05) is 18.0 Å². The zero-order valence-corrected chi connectivity index (χ0v) is 24.2. The fourth-order valence-corrected chi connectivity index (χ4v) is 6.53. The number of halogens is 1. The van der Waals surface area contributed by atoms with Gasteiger partial charge in [0.2, 0.25) is 11.8 Å². The minimum Gasteiger partial charge on any atom is -0.497 e. The summed E-state index contributed by atoms with van der Waals surface area (Å²) in [6, 6.07) is 20.8. The molecule has 1 saturated carbocycles. The highest BCUT2D eigenvalue weighted by Gasteiger charge is 2.34. The van der Waals surface area contributed by atoms with Crippen LogP contribution in [0.3, 0.4) is 0 Å². The first-order valence-electron chi connectivity index (χ1n) is 13.3. The van der Waals surface area contributed by atoms with Crippen molar-refractivity contribution in [2.24, 2.45) is 0 Å². The highest BCUT2D eigenvalue weighted by molar-refractivity contribution is 7.92. The van der Waals surface area contributed by atoms with Crippen molar-refractivity contribution in [3.8, 4) is 5.75 Å². The van der Waals surface area contributed by atoms with Gasteiger partial charge in [-0.05, 0) is 61.7 Å². The van der Waals surface area contributed by atoms with Gasteiger partial charge in [0, 0.05) is 12.6 Å². The average molecular weight is 584 g/mol. The molecule has 1 N–H and O–H groups in total. The molecule has 212 valence electrons. The minimum absolute atomic E-state index is 0.0245. The van der Waals surface area contributed by atoms with E-state index < -0.39 is 28.5 Å². The van der Waals surface area contributed by atoms with Crippen molar-refractivity contribution in [3.63, 3.8) is 0 Å². The van der Waals surface area contributed by atoms with Gasteiger partial charge in [-0.2, -0.15) is 0 Å². The van der Waals surface area contributed by atoms with Crippen LogP contribution in [0.25, 0.3) is 0 Å². The average Bonchev–Trinajstić information content (AvgIpc) is 3.48. The number of amides is 2. The number of anilines is 1. The van der Waals surface area contributed by atoms with Crippen LogP contribution in [0.5, 0.6) is 5.75 Å². The van der Waals surface area contributed by atoms with Crippen molar-refractivity contribution in [3.05, 3.63) is 89.4 Å². The van der Waals surface area contributed by atoms with E-state index in [9.17, 15) is 18.0 Å². The molecule has 0 bridgehead atoms. The lowest BCUT2D eigenvalue weighted by Crippen LogP contribution is -2.52. The van der Waals surface area contributed by atoms with Gasteiger partial charge in [0.25, 0.3) is 10.0 Å². The van der Waals surface area contributed by atoms with E-state index in [4.69, 9.17) is 16.3 Å². The van der Waals surface area contributed by atoms with Gasteiger partial charge in [-0.3, -0.25) is 13.9 Å². The normalized spacial score (nSPS) is 14.4. The van der Waals surface area contributed by atoms with Gasteiger partial charge >= 0.3 is 0 Å². The molecular weight excluding hydrogens is 550 g/mol. The third kappa shape index (κ3) is 6.95. The summed E-state index contributed by atoms with van der Waals surface area (Å²) < 4.78 is 33.9. The topological polar surface area (TPSA) is 96.0 Å². The quantitative estimate of drug-likeness (QED) is 0.342. The largest absolute Gasteiger partial charge is 0.497 e. The molecule has 1 fully saturated rings. The Morgan fingerprint density at radius 3 is 2.23 bits per heavy atom. The molecule has 1 unspecified atom stereocenters. The summed E-state index contributed by atoms with van der Waals surface area (Å²) in [5.74, 6) is -0.152. The van der Waals surface area contributed by atoms with E-state index in [-0.39, 0.29) is 34.1 Å². The minimum atomic E-state index is -4.17. The molecule has 0 heterocycles. The van der Waals surface area contributed by atoms with Crippen molar-refractivity contribution in [1.29, 1.82) is 0 Å². The molecule has 0 radical (unpaired) electrons. The third-order valence-electron chi connectivity index (χ3n) is 7.11. The maximum Gasteiger partial charge on any atom is 0.264 e. The smallest absolute Gasteiger partial charge is 0.264 e. The summed E-state index contributed by atoms with van der Waals surface area (Å²) >= 11 is 6.43. The molecule has 2 amide bonds. The standard InChI is InChI=1S/C30H34ClN3O5S/c1-22(30(36)32-24-10-6-7-11-24)33(20-23-16-18-25(39-2)19-17-23)29(35)21-34(28-15-9-8-14-27(28)31)40(37,38)26-12-4-3-5-13-26/h3-5,8-9,12-19,22,24H,6-7,10-11,20-21H2,1-2H3,(H,32,36). The van der Waals surface area contributed by atoms with Gasteiger partial charge in [0.15, 0.2) is 0 Å². The Bertz CT molecular complexity index is 1410. The Morgan fingerprint density at radius 2 is 1.60 bits per heavy atom. The molecule has 1 aliphatic rings. The SMILES string of the molecule is COc1ccc(CN(C(=O)CN(c2ccccc2Cl)S(=O)(=O)c2ccccc2)C(C)C(=O)NC2CCCC2)cc1. The van der Waals surface area contributed by atoms with Crippen LogP contribution in [0.4, 0.5) is 5.69 Å². The maximum atomic E-state index is 14.0. The maximum absolute atomic E-state index is 14.0. The molecule has 1 aliphatic carbocycles. The Kier molecular flexibility index (Phi) is 9.71. The molecule has 1 atom stereocenters. The van der Waals surface area contributed by atoms with E-state index >= 15 is 0 Å². The fourth-order valence-electron chi connectivity index (χ4n) is 4.79. The first-order chi connectivity index (χ1) is 19.2. The molecule has 4 rings (SSSR count). The zero-order chi connectivity index (χ0) is 28.7. The molecular formula is C30H34ClN3O5S. The Balaban J connectivity index is 1.68. The number of nitrogens with one attached hydrogen (secondary N) is 1. The summed E-state index contributed by atoms with van der Waals surface area (Å²) in [6.07, 6.45) is 3.91. The summed E-state index contributed by atoms with van der Waals surface area (Å²) in [5.41, 5.74) is 0.943. The lowest BCUT2D eigenvalue weighted by atomic mass is 10.1. The number of rotatable bonds is 11. The number of carbonyl (C=O) groups excluding carboxylic acids is 2. The van der Waals surface area contributed by atoms with Crippen molar-refractivity contribution < 1.29 is 22.7 Å². The summed E-state index contributed by atoms with van der Waals surface area (Å²) in [4.78, 5) is 28.7. The Morgan fingerprint density at radius 1 is 0.975 bits per heavy atom. The van der Waals surface area contributed by atoms with E-state index in [2.05, 4.69) is 5.32 Å². The Hall–Kier alpha value is -3.56. The van der Waals surface area contributed by atoms with Crippen LogP contribution >= 0.6 is 11.6 Å². The number of ether oxygens (including phenoxy) is 1. The van der Waals surface area contributed by atoms with Crippen LogP contribution in [-0.4, -0.2) is 50.9 Å². The second-order valence-electron chi connectivity index (χ2n) is 9.81. The highest BCUT2D eigenvalue weighted by atomic mass is 35.5. The van der Waals surface area contributed by atoms with Crippen LogP contribution in [0, 0.1) is 0 Å². The molecule has 0 saturated heterocycles. The van der Waals surface area contributed by atoms with E-state index in [1.807, 2.05) is 12.1 Å². The number of carbonyl (C=O) groups is 2. The monoisotopic (exact) mass is 583 g/mol. The van der Waals surface area contributed by atoms with Crippen LogP contribution in [-0.2, 0) is 26.2 Å². The first-order valence-corrected chi connectivity index (χ1v) is 15.1. The number of sulfonamides is 1. The number of methoxy groups -OCH3 is 1. The second kappa shape index (κ2) is 13.2. The summed E-state index contributed by atoms with van der Waals surface area (Å²) in [6.45, 7) is 1.22. The molecule has 8 nitrogen and oxygen atoms in total. The van der Waals surface area contributed by atoms with Crippen molar-refractivity contribution >= 4 is 39.1 Å². The van der Waals surface area contributed by atoms with E-state index in [1.54, 1.807) is 68.6 Å². The number of nitrogens with zero attached hydrogens (tertiary/aromatic N) is 2. The van der Waals surface area contributed by atoms with E-state index in [0.717, 1.165) is 35.6 Å². The highest BCUT2D eigenvalue weighted by Crippen LogP contribution is 2.31. The van der Waals surface area contributed by atoms with Crippen LogP contribution in [0.2, 0.25) is 5.02 Å². The number of benzene rings is 3. The second-order valence-corrected chi connectivity index (χ2v) is 12.1. The van der Waals surface area contributed by atoms with Crippen LogP contribution < -0.4 is 14.4 Å². The van der Waals surface area contributed by atoms with Gasteiger partial charge < -0.3 is 15.0 Å². The van der Waals surface area contributed by atoms with Crippen LogP contribution in [0.1, 0.15) is 38.2 Å². The van der Waals surface area contributed by atoms with E-state index in [1.165, 1.54) is 17.0 Å². The molecule has 0 aromatic heterocycles. The fraction of sp³-hybridized carbons (Fsp3) is 0.333. The van der Waals surface area contributed by atoms with Crippen molar-refractivity contribution in [1.82, 2.24) is 10.2 Å². The van der Waals surface area contributed by atoms with Crippen LogP contribution in [0.15, 0.2) is 83.8 Å². The van der Waals surface area contributed by atoms with E-state index in [0.29, 0.717) is 5.75 Å². The lowest BCUT2D eigenvalue weighted by molar-refractivity contribution is -0.139. The predicted molar refractivity (Wildman–Crippen MR) is 156 cm³/mol. The summed E-state index contributed by atoms with van der Waals surface area (Å²) in [5, 5.41) is 3.25. The zero-order valence-electron chi connectivity index (χ0n) is 22.6. The number of para-hydroxylation sites is 1. The lowest BCUT2D eigenvalue weighted by Gasteiger charge is -2.32. The first kappa shape index (κ1) is 29.4. The van der Waals surface area contributed by atoms with Gasteiger partial charge in [-0.1, -0.05) is 66.9 Å². The molecule has 0 spiro atoms. The number of hydrogen-bond acceptors (Lipinski definition) is 5. The molecule has 40 heavy (non-hydrogen) atoms. The molecule has 3 aromatic rings. The molecule has 3 aromatic carbocycles. The van der Waals surface area contributed by atoms with Gasteiger partial charge in [0.1, 0.15) is 18.3 Å². The number of hydrogen-bond donors (Lipinski definition) is 1. The Labute approximate surface area is 240 Å². The predicted octanol–water partition coefficient (Wildman–Crippen LogP) is 5.02. The van der Waals surface area contributed by atoms with Crippen molar-refractivity contribution in [2.45, 2.75) is 56.1 Å². The van der Waals surface area contributed by atoms with Gasteiger partial charge in [0.05, 0.1) is 22.7 Å².